The number of hydrogen-bond donors (Lipinski definition) is 5. The van der Waals surface area contributed by atoms with E-state index in [0.717, 1.165) is 0 Å². The van der Waals surface area contributed by atoms with Gasteiger partial charge in [0.25, 0.3) is 5.56 Å². The minimum Gasteiger partial charge on any atom is -0.474 e. The lowest BCUT2D eigenvalue weighted by atomic mass is 10.1. The molecule has 9 atom stereocenters. The maximum atomic E-state index is 13.5. The van der Waals surface area contributed by atoms with Gasteiger partial charge in [-0.1, -0.05) is 69.2 Å². The number of aliphatic hydroxyl groups is 1. The van der Waals surface area contributed by atoms with Crippen LogP contribution in [0.25, 0.3) is 11.0 Å². The van der Waals surface area contributed by atoms with Crippen molar-refractivity contribution < 1.29 is 60.3 Å². The molecule has 3 aromatic heterocycles. The van der Waals surface area contributed by atoms with Crippen molar-refractivity contribution >= 4 is 66.8 Å². The fraction of sp³-hybridized carbons (Fsp3) is 0.700. The SMILES string of the molecule is CC(C)C(=O)Nc1nc2c(ccn2[C@@H]2O[C@H](CO)[C@@H](O[Si](O[Si](O)(C(C)C)C(C)C)(C(C)C)C(C)C)[C@H]2O[P@](=S)(OCCC#N)OC[C@H]2C[C@@H](Oc3ccncn3)C[C@@H]2O[PH](=O)O)c(=O)[nH]1. The second-order valence-corrected chi connectivity index (χ2v) is 30.4. The summed E-state index contributed by atoms with van der Waals surface area (Å²) in [7, 11) is -10.6. The zero-order chi connectivity index (χ0) is 48.7. The van der Waals surface area contributed by atoms with E-state index in [1.165, 1.54) is 23.2 Å². The maximum Gasteiger partial charge on any atom is 0.335 e. The lowest BCUT2D eigenvalue weighted by Crippen LogP contribution is -2.62. The van der Waals surface area contributed by atoms with E-state index in [2.05, 4.69) is 25.3 Å². The molecule has 1 saturated heterocycles. The molecule has 2 aliphatic rings. The van der Waals surface area contributed by atoms with Gasteiger partial charge in [0.1, 0.15) is 30.7 Å². The molecule has 66 heavy (non-hydrogen) atoms. The molecule has 1 aliphatic carbocycles. The fourth-order valence-corrected chi connectivity index (χ4v) is 20.8. The van der Waals surface area contributed by atoms with Gasteiger partial charge in [0.05, 0.1) is 43.8 Å². The lowest BCUT2D eigenvalue weighted by molar-refractivity contribution is -0.118. The topological polar surface area (TPSA) is 281 Å². The molecular formula is C40H65N7O14P2SSi2. The number of nitrogens with one attached hydrogen (secondary N) is 2. The summed E-state index contributed by atoms with van der Waals surface area (Å²) < 4.78 is 65.7. The number of amides is 1. The smallest absolute Gasteiger partial charge is 0.335 e. The van der Waals surface area contributed by atoms with Crippen LogP contribution in [0.1, 0.15) is 94.7 Å². The Morgan fingerprint density at radius 3 is 2.36 bits per heavy atom. The summed E-state index contributed by atoms with van der Waals surface area (Å²) in [6.07, 6.45) is -1.38. The average molecular weight is 1020 g/mol. The molecule has 2 fully saturated rings. The summed E-state index contributed by atoms with van der Waals surface area (Å²) in [5.41, 5.74) is -1.47. The first-order valence-electron chi connectivity index (χ1n) is 22.1. The quantitative estimate of drug-likeness (QED) is 0.0385. The van der Waals surface area contributed by atoms with Crippen LogP contribution in [0.4, 0.5) is 5.95 Å². The van der Waals surface area contributed by atoms with Crippen LogP contribution in [-0.2, 0) is 52.5 Å². The lowest BCUT2D eigenvalue weighted by Gasteiger charge is -2.47. The third-order valence-electron chi connectivity index (χ3n) is 11.8. The monoisotopic (exact) mass is 1020 g/mol. The molecular weight excluding hydrogens is 953 g/mol. The van der Waals surface area contributed by atoms with E-state index in [0.29, 0.717) is 12.3 Å². The molecule has 3 aromatic rings. The number of nitrogens with zero attached hydrogens (tertiary/aromatic N) is 5. The van der Waals surface area contributed by atoms with Crippen molar-refractivity contribution in [1.82, 2.24) is 24.5 Å². The minimum atomic E-state index is -4.04. The fourth-order valence-electron chi connectivity index (χ4n) is 8.21. The van der Waals surface area contributed by atoms with Gasteiger partial charge in [-0.3, -0.25) is 29.0 Å². The third kappa shape index (κ3) is 12.7. The van der Waals surface area contributed by atoms with Gasteiger partial charge < -0.3 is 50.9 Å². The number of aliphatic hydroxyl groups excluding tert-OH is 1. The second-order valence-electron chi connectivity index (χ2n) is 18.0. The zero-order valence-corrected chi connectivity index (χ0v) is 43.7. The van der Waals surface area contributed by atoms with Gasteiger partial charge in [-0.25, -0.2) is 9.97 Å². The van der Waals surface area contributed by atoms with Crippen LogP contribution in [0.3, 0.4) is 0 Å². The van der Waals surface area contributed by atoms with E-state index in [1.54, 1.807) is 26.1 Å². The van der Waals surface area contributed by atoms with Crippen LogP contribution in [0, 0.1) is 23.2 Å². The van der Waals surface area contributed by atoms with E-state index in [4.69, 9.17) is 47.9 Å². The molecule has 1 amide bonds. The Morgan fingerprint density at radius 2 is 1.79 bits per heavy atom. The van der Waals surface area contributed by atoms with Crippen LogP contribution in [0.15, 0.2) is 35.6 Å². The summed E-state index contributed by atoms with van der Waals surface area (Å²) in [6.45, 7) is 13.9. The Hall–Kier alpha value is -2.83. The number of anilines is 1. The highest BCUT2D eigenvalue weighted by Crippen LogP contribution is 2.56. The number of fused-ring (bicyclic) bond motifs is 1. The van der Waals surface area contributed by atoms with Gasteiger partial charge >= 0.3 is 32.1 Å². The Morgan fingerprint density at radius 1 is 1.09 bits per heavy atom. The molecule has 0 radical (unpaired) electrons. The predicted molar refractivity (Wildman–Crippen MR) is 251 cm³/mol. The molecule has 0 aromatic carbocycles. The van der Waals surface area contributed by atoms with E-state index in [9.17, 15) is 34.2 Å². The van der Waals surface area contributed by atoms with E-state index >= 15 is 0 Å². The summed E-state index contributed by atoms with van der Waals surface area (Å²) in [4.78, 5) is 63.7. The Balaban J connectivity index is 1.62. The molecule has 0 spiro atoms. The summed E-state index contributed by atoms with van der Waals surface area (Å²) in [5.74, 6) is -1.20. The van der Waals surface area contributed by atoms with Crippen molar-refractivity contribution in [2.45, 2.75) is 147 Å². The van der Waals surface area contributed by atoms with Crippen molar-refractivity contribution in [1.29, 1.82) is 5.26 Å². The number of aromatic amines is 1. The van der Waals surface area contributed by atoms with E-state index < -0.39 is 98.8 Å². The highest BCUT2D eigenvalue weighted by molar-refractivity contribution is 8.07. The van der Waals surface area contributed by atoms with Crippen molar-refractivity contribution in [2.24, 2.45) is 11.8 Å². The maximum absolute atomic E-state index is 13.5. The predicted octanol–water partition coefficient (Wildman–Crippen LogP) is 6.10. The number of nitriles is 1. The highest BCUT2D eigenvalue weighted by Gasteiger charge is 2.60. The molecule has 368 valence electrons. The van der Waals surface area contributed by atoms with Crippen LogP contribution in [-0.4, -0.2) is 113 Å². The molecule has 1 aliphatic heterocycles. The molecule has 1 unspecified atom stereocenters. The van der Waals surface area contributed by atoms with Crippen molar-refractivity contribution in [3.8, 4) is 11.9 Å². The van der Waals surface area contributed by atoms with Crippen molar-refractivity contribution in [2.75, 3.05) is 25.1 Å². The summed E-state index contributed by atoms with van der Waals surface area (Å²) in [6, 6.07) is 5.13. The first-order chi connectivity index (χ1) is 31.1. The largest absolute Gasteiger partial charge is 0.474 e. The summed E-state index contributed by atoms with van der Waals surface area (Å²) >= 11 is 6.15. The van der Waals surface area contributed by atoms with Gasteiger partial charge in [-0.15, -0.1) is 0 Å². The number of rotatable bonds is 24. The number of ether oxygens (including phenoxy) is 2. The zero-order valence-electron chi connectivity index (χ0n) is 39.0. The number of aromatic nitrogens is 5. The van der Waals surface area contributed by atoms with Crippen LogP contribution in [0.5, 0.6) is 5.88 Å². The first kappa shape index (κ1) is 54.1. The first-order valence-corrected chi connectivity index (χ1v) is 29.9. The molecule has 4 heterocycles. The van der Waals surface area contributed by atoms with Crippen molar-refractivity contribution in [3.05, 3.63) is 41.2 Å². The molecule has 21 nitrogen and oxygen atoms in total. The van der Waals surface area contributed by atoms with E-state index in [1.807, 2.05) is 61.5 Å². The van der Waals surface area contributed by atoms with Gasteiger partial charge in [0.2, 0.25) is 17.7 Å². The average Bonchev–Trinajstić information content (AvgIpc) is 3.94. The van der Waals surface area contributed by atoms with Gasteiger partial charge in [0.15, 0.2) is 11.9 Å². The molecule has 5 N–H and O–H groups in total. The molecule has 26 heteroatoms. The van der Waals surface area contributed by atoms with Crippen LogP contribution >= 0.6 is 15.0 Å². The van der Waals surface area contributed by atoms with Crippen molar-refractivity contribution in [3.63, 3.8) is 0 Å². The standard InChI is InChI=1S/C40H65N7O14P2SSi2/c1-23(2)37(49)45-40-44-36-30(38(50)46-40)13-16-47(36)39-35(34(32(20-48)57-39)60-66(26(7)8,27(9)10)61-65(53,24(3)4)25(5)6)59-63(64,54-17-11-14-41)55-21-28-18-29(19-31(28)58-62(51)52)56-33-12-15-42-22-43-33/h12-13,15-16,22-29,31-32,34-35,39,48,53,62H,11,17-21H2,1-10H3,(H,51,52)(H2,44,45,46,49,50)/t28-,29-,31+,32-,34-,35-,39-,63+/m1/s1. The number of carbonyl (C=O) groups excluding carboxylic acids is 1. The van der Waals surface area contributed by atoms with Gasteiger partial charge in [-0.2, -0.15) is 10.2 Å². The van der Waals surface area contributed by atoms with Crippen LogP contribution < -0.4 is 15.6 Å². The van der Waals surface area contributed by atoms with E-state index in [-0.39, 0.29) is 65.2 Å². The number of hydrogen-bond acceptors (Lipinski definition) is 18. The molecule has 1 saturated carbocycles. The Bertz CT molecular complexity index is 2250. The second kappa shape index (κ2) is 23.2. The molecule has 0 bridgehead atoms. The Kier molecular flexibility index (Phi) is 19.0. The summed E-state index contributed by atoms with van der Waals surface area (Å²) in [5, 5.41) is 23.4. The van der Waals surface area contributed by atoms with Crippen LogP contribution in [0.2, 0.25) is 22.2 Å². The minimum absolute atomic E-state index is 0.0853. The highest BCUT2D eigenvalue weighted by atomic mass is 32.5. The molecule has 5 rings (SSSR count). The number of carbonyl (C=O) groups is 1. The number of H-pyrrole nitrogens is 1. The Labute approximate surface area is 392 Å². The third-order valence-corrected chi connectivity index (χ3v) is 24.4. The normalized spacial score (nSPS) is 24.2. The van der Waals surface area contributed by atoms with Gasteiger partial charge in [-0.05, 0) is 46.5 Å². The van der Waals surface area contributed by atoms with Gasteiger partial charge in [0, 0.05) is 36.7 Å².